The number of imide groups is 1. The van der Waals surface area contributed by atoms with Gasteiger partial charge in [0, 0.05) is 71.8 Å². The number of thiazole rings is 1. The Balaban J connectivity index is 0.722. The molecule has 27 nitrogen and oxygen atoms in total. The Bertz CT molecular complexity index is 4410. The van der Waals surface area contributed by atoms with Gasteiger partial charge < -0.3 is 54.7 Å². The number of benzene rings is 4. The Kier molecular flexibility index (Phi) is 19.2. The summed E-state index contributed by atoms with van der Waals surface area (Å²) in [6, 6.07) is 26.7. The number of unbranched alkanes of at least 4 members (excludes halogenated alkanes) is 1. The molecule has 0 spiro atoms. The molecule has 4 aliphatic carbocycles. The number of aromatic nitrogens is 4. The number of ether oxygens (including phenoxy) is 4. The monoisotopic (exact) mass is 1380 g/mol. The maximum Gasteiger partial charge on any atom is 0.410 e. The van der Waals surface area contributed by atoms with E-state index in [4.69, 9.17) is 29.0 Å². The summed E-state index contributed by atoms with van der Waals surface area (Å²) in [5.74, 6) is -5.90. The number of amides is 5. The molecular formula is C69H74N8O19S2. The Labute approximate surface area is 566 Å². The second-order valence-electron chi connectivity index (χ2n) is 27.1. The molecular weight excluding hydrogens is 1310 g/mol. The van der Waals surface area contributed by atoms with Crippen LogP contribution in [-0.4, -0.2) is 185 Å². The fourth-order valence-corrected chi connectivity index (χ4v) is 17.2. The first kappa shape index (κ1) is 68.9. The van der Waals surface area contributed by atoms with Crippen molar-refractivity contribution in [2.75, 3.05) is 43.9 Å². The predicted octanol–water partition coefficient (Wildman–Crippen LogP) is 6.93. The van der Waals surface area contributed by atoms with E-state index in [9.17, 15) is 72.1 Å². The maximum atomic E-state index is 14.2. The van der Waals surface area contributed by atoms with Gasteiger partial charge in [0.1, 0.15) is 37.2 Å². The number of aryl methyl sites for hydroxylation is 1. The summed E-state index contributed by atoms with van der Waals surface area (Å²) >= 11 is 1.37. The number of anilines is 1. The largest absolute Gasteiger partial charge is 0.479 e. The van der Waals surface area contributed by atoms with Gasteiger partial charge in [0.05, 0.1) is 40.1 Å². The molecule has 516 valence electrons. The lowest BCUT2D eigenvalue weighted by atomic mass is 9.39. The number of carboxylic acid groups (broad SMARTS) is 2. The van der Waals surface area contributed by atoms with Crippen molar-refractivity contribution < 1.29 is 91.0 Å². The number of carbonyl (C=O) groups excluding carboxylic acids is 5. The van der Waals surface area contributed by atoms with Crippen molar-refractivity contribution in [3.63, 3.8) is 0 Å². The summed E-state index contributed by atoms with van der Waals surface area (Å²) in [7, 11) is -4.60. The number of pyridine rings is 1. The van der Waals surface area contributed by atoms with Crippen molar-refractivity contribution in [3.8, 4) is 28.1 Å². The lowest BCUT2D eigenvalue weighted by Gasteiger charge is -2.69. The van der Waals surface area contributed by atoms with Crippen LogP contribution in [0.5, 0.6) is 5.75 Å². The third-order valence-corrected chi connectivity index (χ3v) is 20.8. The molecule has 2 unspecified atom stereocenters. The van der Waals surface area contributed by atoms with Crippen LogP contribution in [-0.2, 0) is 63.1 Å². The van der Waals surface area contributed by atoms with Crippen molar-refractivity contribution >= 4 is 89.2 Å². The fraction of sp³-hybridized carbons (Fsp3) is 0.420. The van der Waals surface area contributed by atoms with Crippen LogP contribution < -0.4 is 15.4 Å². The van der Waals surface area contributed by atoms with Crippen molar-refractivity contribution in [2.24, 2.45) is 16.2 Å². The lowest BCUT2D eigenvalue weighted by Crippen LogP contribution is -2.64. The van der Waals surface area contributed by atoms with E-state index in [-0.39, 0.29) is 58.9 Å². The number of nitrogens with zero attached hydrogens (tertiary/aromatic N) is 6. The van der Waals surface area contributed by atoms with E-state index >= 15 is 0 Å². The molecule has 13 rings (SSSR count). The van der Waals surface area contributed by atoms with Gasteiger partial charge in [-0.25, -0.2) is 24.4 Å². The van der Waals surface area contributed by atoms with Crippen LogP contribution in [0.15, 0.2) is 109 Å². The zero-order valence-electron chi connectivity index (χ0n) is 53.8. The summed E-state index contributed by atoms with van der Waals surface area (Å²) in [4.78, 5) is 101. The van der Waals surface area contributed by atoms with Gasteiger partial charge in [0.2, 0.25) is 12.2 Å². The Morgan fingerprint density at radius 3 is 2.30 bits per heavy atom. The highest BCUT2D eigenvalue weighted by Gasteiger charge is 2.66. The SMILES string of the molecule is Cc1c(-c2ccc(-c3ccc4cccc(C(=O)Nc5nc6ccccc6s5)c4c3)nc2C(=O)O)cnn1CC12CC3(C)CC(C)(C1)CC(OCCN(CCS(=O)(=O)O)C(=O)OCc1ccc(CCCCNC(=O)CN4C(=O)C=CC4=O)cc1O[C@@H]1O[C@H](C(=O)O)[C@@H](O)[C@H](O)[C@H]1O)(C3)C2. The number of aliphatic carboxylic acids is 1. The third kappa shape index (κ3) is 14.8. The molecule has 98 heavy (non-hydrogen) atoms. The van der Waals surface area contributed by atoms with Crippen LogP contribution in [0.25, 0.3) is 43.4 Å². The van der Waals surface area contributed by atoms with Crippen LogP contribution in [0.3, 0.4) is 0 Å². The lowest BCUT2D eigenvalue weighted by molar-refractivity contribution is -0.271. The van der Waals surface area contributed by atoms with Gasteiger partial charge in [0.15, 0.2) is 16.9 Å². The summed E-state index contributed by atoms with van der Waals surface area (Å²) in [5, 5.41) is 64.8. The summed E-state index contributed by atoms with van der Waals surface area (Å²) in [5.41, 5.74) is 3.08. The Hall–Kier alpha value is -9.07. The molecule has 0 radical (unpaired) electrons. The van der Waals surface area contributed by atoms with Gasteiger partial charge in [-0.3, -0.25) is 38.6 Å². The summed E-state index contributed by atoms with van der Waals surface area (Å²) in [6.07, 6.45) is -1.11. The number of carbonyl (C=O) groups is 7. The van der Waals surface area contributed by atoms with E-state index in [2.05, 4.69) is 29.5 Å². The number of nitrogens with one attached hydrogen (secondary N) is 2. The Morgan fingerprint density at radius 2 is 1.57 bits per heavy atom. The van der Waals surface area contributed by atoms with Crippen LogP contribution in [0.1, 0.15) is 103 Å². The minimum absolute atomic E-state index is 0.0622. The van der Waals surface area contributed by atoms with Gasteiger partial charge in [-0.2, -0.15) is 13.5 Å². The number of carboxylic acids is 2. The zero-order chi connectivity index (χ0) is 69.6. The second-order valence-corrected chi connectivity index (χ2v) is 29.7. The van der Waals surface area contributed by atoms with E-state index in [1.54, 1.807) is 36.5 Å². The number of para-hydroxylation sites is 1. The molecule has 5 heterocycles. The number of rotatable bonds is 26. The predicted molar refractivity (Wildman–Crippen MR) is 354 cm³/mol. The van der Waals surface area contributed by atoms with Gasteiger partial charge in [-0.1, -0.05) is 73.7 Å². The molecule has 4 bridgehead atoms. The number of hydrogen-bond donors (Lipinski definition) is 8. The minimum Gasteiger partial charge on any atom is -0.479 e. The van der Waals surface area contributed by atoms with Crippen molar-refractivity contribution in [1.82, 2.24) is 34.9 Å². The molecule has 29 heteroatoms. The average Bonchev–Trinajstić information content (AvgIpc) is 0.771. The number of aliphatic hydroxyl groups excluding tert-OH is 3. The van der Waals surface area contributed by atoms with Crippen molar-refractivity contribution in [3.05, 3.63) is 137 Å². The first-order valence-corrected chi connectivity index (χ1v) is 34.5. The molecule has 7 aromatic rings. The zero-order valence-corrected chi connectivity index (χ0v) is 55.4. The molecule has 7 atom stereocenters. The van der Waals surface area contributed by atoms with E-state index < -0.39 is 108 Å². The molecule has 5 fully saturated rings. The maximum absolute atomic E-state index is 14.2. The number of aliphatic hydroxyl groups is 3. The number of aromatic carboxylic acids is 1. The van der Waals surface area contributed by atoms with Gasteiger partial charge in [0.25, 0.3) is 27.8 Å². The van der Waals surface area contributed by atoms with Crippen molar-refractivity contribution in [2.45, 2.75) is 128 Å². The van der Waals surface area contributed by atoms with Gasteiger partial charge >= 0.3 is 18.0 Å². The minimum atomic E-state index is -4.60. The molecule has 8 N–H and O–H groups in total. The summed E-state index contributed by atoms with van der Waals surface area (Å²) < 4.78 is 61.3. The molecule has 4 aromatic carbocycles. The van der Waals surface area contributed by atoms with Gasteiger partial charge in [-0.05, 0) is 140 Å². The summed E-state index contributed by atoms with van der Waals surface area (Å²) in [6.45, 7) is 5.36. The fourth-order valence-electron chi connectivity index (χ4n) is 15.9. The first-order valence-electron chi connectivity index (χ1n) is 32.1. The normalized spacial score (nSPS) is 24.9. The van der Waals surface area contributed by atoms with E-state index in [0.29, 0.717) is 89.1 Å². The second kappa shape index (κ2) is 27.3. The highest BCUT2D eigenvalue weighted by molar-refractivity contribution is 7.85. The number of hydrogen-bond acceptors (Lipinski definition) is 20. The van der Waals surface area contributed by atoms with Crippen LogP contribution in [0, 0.1) is 23.2 Å². The third-order valence-electron chi connectivity index (χ3n) is 19.2. The van der Waals surface area contributed by atoms with Crippen LogP contribution in [0.4, 0.5) is 9.93 Å². The molecule has 4 saturated carbocycles. The highest BCUT2D eigenvalue weighted by Crippen LogP contribution is 2.72. The first-order chi connectivity index (χ1) is 46.6. The molecule has 5 amide bonds. The quantitative estimate of drug-likeness (QED) is 0.0155. The average molecular weight is 1380 g/mol. The molecule has 2 aliphatic heterocycles. The van der Waals surface area contributed by atoms with Crippen LogP contribution >= 0.6 is 11.3 Å². The van der Waals surface area contributed by atoms with E-state index in [1.165, 1.54) is 23.5 Å². The van der Waals surface area contributed by atoms with E-state index in [0.717, 1.165) is 62.5 Å². The van der Waals surface area contributed by atoms with Crippen LogP contribution in [0.2, 0.25) is 0 Å². The van der Waals surface area contributed by atoms with E-state index in [1.807, 2.05) is 60.1 Å². The molecule has 1 saturated heterocycles. The topological polar surface area (TPSA) is 386 Å². The molecule has 6 aliphatic rings. The highest BCUT2D eigenvalue weighted by atomic mass is 32.2. The van der Waals surface area contributed by atoms with Crippen molar-refractivity contribution in [1.29, 1.82) is 0 Å². The number of fused-ring (bicyclic) bond motifs is 2. The Morgan fingerprint density at radius 1 is 0.816 bits per heavy atom. The van der Waals surface area contributed by atoms with Gasteiger partial charge in [-0.15, -0.1) is 0 Å². The smallest absolute Gasteiger partial charge is 0.410 e. The standard InChI is InChI=1S/C69H74N8O19S2/c1-39-47(44-18-19-48(72-55(44)61(85)86)42-17-16-41-10-8-11-45(46(41)28-42)60(84)74-64-73-49-12-4-5-13-51(49)97-64)29-71-77(39)38-68-33-66(2)32-67(3,34-68)36-69(35-66,37-68)94-25-23-75(24-26-98(90,91)92)65(89)93-31-43-15-14-40(9-6-7-22-70-52(78)30-76-53(79)20-21-54(76)80)27-50(43)95-63-58(83)56(81)57(82)59(96-63)62(87)88/h4-5,8,10-21,27-29,56-59,63,81-83H,6-7,9,22-26,30-38H2,1-3H3,(H,70,78)(H,85,86)(H,87,88)(H,73,74,84)(H,90,91,92)/t56-,57-,58+,59-,63+,66?,67?,68?,69?/m0/s1. The molecule has 3 aromatic heterocycles.